The zero-order valence-electron chi connectivity index (χ0n) is 17.2. The molecule has 2 aliphatic heterocycles. The van der Waals surface area contributed by atoms with Crippen LogP contribution in [0.5, 0.6) is 0 Å². The molecule has 0 N–H and O–H groups in total. The average Bonchev–Trinajstić information content (AvgIpc) is 3.08. The Morgan fingerprint density at radius 1 is 0.871 bits per heavy atom. The predicted molar refractivity (Wildman–Crippen MR) is 119 cm³/mol. The van der Waals surface area contributed by atoms with Gasteiger partial charge in [0.25, 0.3) is 11.6 Å². The maximum Gasteiger partial charge on any atom is 0.270 e. The first-order valence-electron chi connectivity index (χ1n) is 10.6. The lowest BCUT2D eigenvalue weighted by Crippen LogP contribution is -2.49. The lowest BCUT2D eigenvalue weighted by molar-refractivity contribution is -0.384. The van der Waals surface area contributed by atoms with Crippen LogP contribution in [0.1, 0.15) is 36.0 Å². The van der Waals surface area contributed by atoms with Gasteiger partial charge in [0.2, 0.25) is 0 Å². The molecular formula is C21H25ClN6O3. The molecule has 1 amide bonds. The molecule has 3 heterocycles. The molecule has 1 aromatic heterocycles. The Bertz CT molecular complexity index is 939. The molecule has 0 saturated carbocycles. The van der Waals surface area contributed by atoms with Crippen molar-refractivity contribution in [2.75, 3.05) is 49.1 Å². The number of anilines is 2. The van der Waals surface area contributed by atoms with Crippen LogP contribution < -0.4 is 9.80 Å². The summed E-state index contributed by atoms with van der Waals surface area (Å²) < 4.78 is 0. The van der Waals surface area contributed by atoms with Gasteiger partial charge in [-0.05, 0) is 31.0 Å². The first-order chi connectivity index (χ1) is 15.0. The number of rotatable bonds is 4. The van der Waals surface area contributed by atoms with Gasteiger partial charge in [-0.25, -0.2) is 0 Å². The highest BCUT2D eigenvalue weighted by molar-refractivity contribution is 6.34. The summed E-state index contributed by atoms with van der Waals surface area (Å²) >= 11 is 6.12. The Hall–Kier alpha value is -2.94. The van der Waals surface area contributed by atoms with Crippen LogP contribution in [0.15, 0.2) is 30.3 Å². The molecule has 2 saturated heterocycles. The average molecular weight is 445 g/mol. The molecule has 164 valence electrons. The van der Waals surface area contributed by atoms with E-state index >= 15 is 0 Å². The zero-order valence-corrected chi connectivity index (χ0v) is 18.0. The molecule has 4 rings (SSSR count). The molecule has 9 nitrogen and oxygen atoms in total. The smallest absolute Gasteiger partial charge is 0.270 e. The molecular weight excluding hydrogens is 420 g/mol. The maximum atomic E-state index is 12.8. The number of carbonyl (C=O) groups excluding carboxylic acids is 1. The third-order valence-corrected chi connectivity index (χ3v) is 6.16. The van der Waals surface area contributed by atoms with Crippen molar-refractivity contribution in [3.05, 3.63) is 51.0 Å². The Labute approximate surface area is 185 Å². The zero-order chi connectivity index (χ0) is 21.8. The molecule has 0 bridgehead atoms. The molecule has 2 aromatic rings. The summed E-state index contributed by atoms with van der Waals surface area (Å²) in [6, 6.07) is 7.96. The van der Waals surface area contributed by atoms with Crippen molar-refractivity contribution in [1.82, 2.24) is 15.1 Å². The maximum absolute atomic E-state index is 12.8. The fraction of sp³-hybridized carbons (Fsp3) is 0.476. The van der Waals surface area contributed by atoms with Crippen LogP contribution in [0.2, 0.25) is 5.02 Å². The largest absolute Gasteiger partial charge is 0.355 e. The highest BCUT2D eigenvalue weighted by Crippen LogP contribution is 2.25. The van der Waals surface area contributed by atoms with E-state index in [1.165, 1.54) is 43.9 Å². The topological polar surface area (TPSA) is 95.7 Å². The molecule has 0 radical (unpaired) electrons. The molecule has 2 fully saturated rings. The van der Waals surface area contributed by atoms with E-state index in [-0.39, 0.29) is 22.2 Å². The number of nitro groups is 1. The van der Waals surface area contributed by atoms with Crippen molar-refractivity contribution in [2.45, 2.75) is 25.7 Å². The molecule has 31 heavy (non-hydrogen) atoms. The summed E-state index contributed by atoms with van der Waals surface area (Å²) in [4.78, 5) is 29.3. The van der Waals surface area contributed by atoms with Crippen LogP contribution in [0.25, 0.3) is 0 Å². The second kappa shape index (κ2) is 9.47. The van der Waals surface area contributed by atoms with Crippen molar-refractivity contribution in [1.29, 1.82) is 0 Å². The van der Waals surface area contributed by atoms with Gasteiger partial charge in [0.15, 0.2) is 11.6 Å². The lowest BCUT2D eigenvalue weighted by atomic mass is 10.1. The van der Waals surface area contributed by atoms with Gasteiger partial charge in [-0.15, -0.1) is 10.2 Å². The number of hydrogen-bond donors (Lipinski definition) is 0. The van der Waals surface area contributed by atoms with Crippen molar-refractivity contribution in [3.63, 3.8) is 0 Å². The molecule has 0 spiro atoms. The number of amides is 1. The molecule has 1 aromatic carbocycles. The third-order valence-electron chi connectivity index (χ3n) is 5.85. The Morgan fingerprint density at radius 3 is 1.97 bits per heavy atom. The van der Waals surface area contributed by atoms with Crippen LogP contribution >= 0.6 is 11.6 Å². The molecule has 0 unspecified atom stereocenters. The number of carbonyl (C=O) groups is 1. The standard InChI is InChI=1S/C21H25ClN6O3/c22-18-15-16(28(30)31)5-6-17(18)21(29)27-13-11-26(12-14-27)20-8-7-19(23-24-20)25-9-3-1-2-4-10-25/h5-8,15H,1-4,9-14H2. The number of halogens is 1. The number of nitro benzene ring substituents is 1. The minimum atomic E-state index is -0.530. The van der Waals surface area contributed by atoms with E-state index in [4.69, 9.17) is 11.6 Å². The van der Waals surface area contributed by atoms with E-state index in [0.717, 1.165) is 24.7 Å². The highest BCUT2D eigenvalue weighted by Gasteiger charge is 2.25. The van der Waals surface area contributed by atoms with Gasteiger partial charge < -0.3 is 14.7 Å². The van der Waals surface area contributed by atoms with Crippen molar-refractivity contribution < 1.29 is 9.72 Å². The van der Waals surface area contributed by atoms with E-state index < -0.39 is 4.92 Å². The second-order valence-corrected chi connectivity index (χ2v) is 8.26. The van der Waals surface area contributed by atoms with Crippen LogP contribution in [-0.4, -0.2) is 65.2 Å². The summed E-state index contributed by atoms with van der Waals surface area (Å²) in [5, 5.41) is 19.8. The van der Waals surface area contributed by atoms with Crippen LogP contribution in [0.4, 0.5) is 17.3 Å². The van der Waals surface area contributed by atoms with Gasteiger partial charge in [-0.2, -0.15) is 0 Å². The predicted octanol–water partition coefficient (Wildman–Crippen LogP) is 3.38. The number of benzene rings is 1. The number of non-ortho nitro benzene ring substituents is 1. The van der Waals surface area contributed by atoms with Crippen molar-refractivity contribution in [2.24, 2.45) is 0 Å². The fourth-order valence-electron chi connectivity index (χ4n) is 4.06. The van der Waals surface area contributed by atoms with Gasteiger partial charge >= 0.3 is 0 Å². The number of piperazine rings is 1. The van der Waals surface area contributed by atoms with E-state index in [9.17, 15) is 14.9 Å². The fourth-order valence-corrected chi connectivity index (χ4v) is 4.31. The first kappa shape index (κ1) is 21.3. The summed E-state index contributed by atoms with van der Waals surface area (Å²) in [6.07, 6.45) is 4.93. The van der Waals surface area contributed by atoms with E-state index in [2.05, 4.69) is 20.0 Å². The molecule has 10 heteroatoms. The number of aromatic nitrogens is 2. The van der Waals surface area contributed by atoms with Gasteiger partial charge in [-0.3, -0.25) is 14.9 Å². The van der Waals surface area contributed by atoms with Crippen LogP contribution in [0.3, 0.4) is 0 Å². The Balaban J connectivity index is 1.36. The van der Waals surface area contributed by atoms with Crippen molar-refractivity contribution >= 4 is 34.8 Å². The van der Waals surface area contributed by atoms with Gasteiger partial charge in [0, 0.05) is 51.4 Å². The minimum Gasteiger partial charge on any atom is -0.355 e. The molecule has 0 atom stereocenters. The summed E-state index contributed by atoms with van der Waals surface area (Å²) in [7, 11) is 0. The SMILES string of the molecule is O=C(c1ccc([N+](=O)[O-])cc1Cl)N1CCN(c2ccc(N3CCCCCC3)nn2)CC1. The highest BCUT2D eigenvalue weighted by atomic mass is 35.5. The summed E-state index contributed by atoms with van der Waals surface area (Å²) in [5.41, 5.74) is 0.149. The van der Waals surface area contributed by atoms with E-state index in [1.807, 2.05) is 12.1 Å². The van der Waals surface area contributed by atoms with E-state index in [0.29, 0.717) is 26.2 Å². The lowest BCUT2D eigenvalue weighted by Gasteiger charge is -2.35. The third kappa shape index (κ3) is 4.87. The minimum absolute atomic E-state index is 0.0941. The number of nitrogens with zero attached hydrogens (tertiary/aromatic N) is 6. The monoisotopic (exact) mass is 444 g/mol. The van der Waals surface area contributed by atoms with Crippen molar-refractivity contribution in [3.8, 4) is 0 Å². The second-order valence-electron chi connectivity index (χ2n) is 7.85. The van der Waals surface area contributed by atoms with Gasteiger partial charge in [-0.1, -0.05) is 24.4 Å². The van der Waals surface area contributed by atoms with Crippen LogP contribution in [0, 0.1) is 10.1 Å². The molecule has 2 aliphatic rings. The normalized spacial score (nSPS) is 17.4. The van der Waals surface area contributed by atoms with E-state index in [1.54, 1.807) is 4.90 Å². The Kier molecular flexibility index (Phi) is 6.50. The Morgan fingerprint density at radius 2 is 1.45 bits per heavy atom. The summed E-state index contributed by atoms with van der Waals surface area (Å²) in [5.74, 6) is 1.51. The van der Waals surface area contributed by atoms with Crippen LogP contribution in [-0.2, 0) is 0 Å². The molecule has 0 aliphatic carbocycles. The first-order valence-corrected chi connectivity index (χ1v) is 11.0. The van der Waals surface area contributed by atoms with Gasteiger partial charge in [0.1, 0.15) is 0 Å². The quantitative estimate of drug-likeness (QED) is 0.526. The number of hydrogen-bond acceptors (Lipinski definition) is 7. The summed E-state index contributed by atoms with van der Waals surface area (Å²) in [6.45, 7) is 4.35. The van der Waals surface area contributed by atoms with Gasteiger partial charge in [0.05, 0.1) is 15.5 Å².